The second-order valence-electron chi connectivity index (χ2n) is 4.25. The molecule has 0 spiro atoms. The monoisotopic (exact) mass is 327 g/mol. The quantitative estimate of drug-likeness (QED) is 0.686. The van der Waals surface area contributed by atoms with E-state index in [2.05, 4.69) is 15.6 Å². The molecule has 0 aliphatic carbocycles. The molecule has 0 aliphatic rings. The van der Waals surface area contributed by atoms with Crippen LogP contribution in [0.15, 0.2) is 24.3 Å². The molecule has 4 N–H and O–H groups in total. The minimum atomic E-state index is -1.16. The molecule has 0 unspecified atom stereocenters. The third-order valence-electron chi connectivity index (χ3n) is 2.59. The number of carboxylic acids is 1. The standard InChI is InChI=1S/C13H11Cl2N3O3/c1-6-4-10(11(16-6)12(19)20)18-13(21)17-9-3-2-7(14)5-8(9)15/h2-5,16H,1H3,(H,19,20)(H2,17,18,21). The molecule has 2 aromatic rings. The number of carboxylic acid groups (broad SMARTS) is 1. The average molecular weight is 328 g/mol. The molecule has 0 radical (unpaired) electrons. The molecule has 1 heterocycles. The van der Waals surface area contributed by atoms with Crippen LogP contribution in [0.25, 0.3) is 0 Å². The number of hydrogen-bond donors (Lipinski definition) is 4. The van der Waals surface area contributed by atoms with Gasteiger partial charge >= 0.3 is 12.0 Å². The fourth-order valence-electron chi connectivity index (χ4n) is 1.72. The van der Waals surface area contributed by atoms with Gasteiger partial charge in [0.1, 0.15) is 5.69 Å². The zero-order valence-electron chi connectivity index (χ0n) is 10.8. The maximum Gasteiger partial charge on any atom is 0.354 e. The normalized spacial score (nSPS) is 10.2. The summed E-state index contributed by atoms with van der Waals surface area (Å²) in [5.74, 6) is -1.16. The van der Waals surface area contributed by atoms with Gasteiger partial charge in [-0.25, -0.2) is 9.59 Å². The Bertz CT molecular complexity index is 713. The number of hydrogen-bond acceptors (Lipinski definition) is 2. The van der Waals surface area contributed by atoms with Gasteiger partial charge in [-0.05, 0) is 31.2 Å². The molecule has 1 aromatic heterocycles. The van der Waals surface area contributed by atoms with Gasteiger partial charge in [0.05, 0.1) is 16.4 Å². The highest BCUT2D eigenvalue weighted by atomic mass is 35.5. The van der Waals surface area contributed by atoms with Gasteiger partial charge in [0.15, 0.2) is 0 Å². The molecule has 110 valence electrons. The van der Waals surface area contributed by atoms with Crippen molar-refractivity contribution >= 4 is 46.6 Å². The van der Waals surface area contributed by atoms with Crippen molar-refractivity contribution in [1.82, 2.24) is 4.98 Å². The van der Waals surface area contributed by atoms with Gasteiger partial charge in [-0.1, -0.05) is 23.2 Å². The van der Waals surface area contributed by atoms with E-state index in [0.717, 1.165) is 0 Å². The van der Waals surface area contributed by atoms with Crippen LogP contribution in [0, 0.1) is 6.92 Å². The van der Waals surface area contributed by atoms with Gasteiger partial charge in [0, 0.05) is 10.7 Å². The number of aryl methyl sites for hydroxylation is 1. The van der Waals surface area contributed by atoms with E-state index in [4.69, 9.17) is 28.3 Å². The number of amides is 2. The summed E-state index contributed by atoms with van der Waals surface area (Å²) in [6.07, 6.45) is 0. The Morgan fingerprint density at radius 1 is 1.14 bits per heavy atom. The summed E-state index contributed by atoms with van der Waals surface area (Å²) in [6.45, 7) is 1.69. The third-order valence-corrected chi connectivity index (χ3v) is 3.14. The van der Waals surface area contributed by atoms with Gasteiger partial charge in [0.2, 0.25) is 0 Å². The van der Waals surface area contributed by atoms with Gasteiger partial charge in [-0.15, -0.1) is 0 Å². The minimum Gasteiger partial charge on any atom is -0.477 e. The predicted molar refractivity (Wildman–Crippen MR) is 81.6 cm³/mol. The highest BCUT2D eigenvalue weighted by molar-refractivity contribution is 6.36. The Hall–Kier alpha value is -2.18. The number of halogens is 2. The van der Waals surface area contributed by atoms with E-state index >= 15 is 0 Å². The average Bonchev–Trinajstić information content (AvgIpc) is 2.74. The van der Waals surface area contributed by atoms with Crippen LogP contribution in [0.4, 0.5) is 16.2 Å². The number of aromatic carboxylic acids is 1. The van der Waals surface area contributed by atoms with Crippen molar-refractivity contribution in [2.75, 3.05) is 10.6 Å². The Morgan fingerprint density at radius 2 is 1.81 bits per heavy atom. The largest absolute Gasteiger partial charge is 0.477 e. The highest BCUT2D eigenvalue weighted by Crippen LogP contribution is 2.25. The summed E-state index contributed by atoms with van der Waals surface area (Å²) in [5, 5.41) is 14.7. The van der Waals surface area contributed by atoms with Crippen LogP contribution in [-0.2, 0) is 0 Å². The van der Waals surface area contributed by atoms with Crippen molar-refractivity contribution in [3.05, 3.63) is 45.7 Å². The first kappa shape index (κ1) is 15.2. The summed E-state index contributed by atoms with van der Waals surface area (Å²) in [4.78, 5) is 25.6. The molecular weight excluding hydrogens is 317 g/mol. The molecule has 0 bridgehead atoms. The second kappa shape index (κ2) is 6.07. The van der Waals surface area contributed by atoms with Crippen molar-refractivity contribution in [3.8, 4) is 0 Å². The zero-order valence-corrected chi connectivity index (χ0v) is 12.3. The van der Waals surface area contributed by atoms with Crippen LogP contribution < -0.4 is 10.6 Å². The van der Waals surface area contributed by atoms with E-state index in [1.165, 1.54) is 12.1 Å². The molecule has 21 heavy (non-hydrogen) atoms. The molecule has 0 aliphatic heterocycles. The Kier molecular flexibility index (Phi) is 4.40. The molecular formula is C13H11Cl2N3O3. The van der Waals surface area contributed by atoms with Crippen molar-refractivity contribution in [2.45, 2.75) is 6.92 Å². The van der Waals surface area contributed by atoms with Crippen molar-refractivity contribution in [1.29, 1.82) is 0 Å². The second-order valence-corrected chi connectivity index (χ2v) is 5.09. The van der Waals surface area contributed by atoms with E-state index < -0.39 is 12.0 Å². The molecule has 6 nitrogen and oxygen atoms in total. The van der Waals surface area contributed by atoms with E-state index in [-0.39, 0.29) is 16.4 Å². The maximum absolute atomic E-state index is 11.9. The lowest BCUT2D eigenvalue weighted by Gasteiger charge is -2.08. The van der Waals surface area contributed by atoms with Crippen LogP contribution in [0.2, 0.25) is 10.0 Å². The smallest absolute Gasteiger partial charge is 0.354 e. The zero-order chi connectivity index (χ0) is 15.6. The number of carbonyl (C=O) groups is 2. The summed E-state index contributed by atoms with van der Waals surface area (Å²) in [5.41, 5.74) is 1.06. The number of nitrogens with one attached hydrogen (secondary N) is 3. The van der Waals surface area contributed by atoms with Crippen LogP contribution in [0.3, 0.4) is 0 Å². The number of urea groups is 1. The third kappa shape index (κ3) is 3.68. The maximum atomic E-state index is 11.9. The Labute approximate surface area is 130 Å². The van der Waals surface area contributed by atoms with Crippen molar-refractivity contribution in [3.63, 3.8) is 0 Å². The lowest BCUT2D eigenvalue weighted by atomic mass is 10.3. The molecule has 8 heteroatoms. The van der Waals surface area contributed by atoms with Crippen LogP contribution in [0.5, 0.6) is 0 Å². The number of H-pyrrole nitrogens is 1. The molecule has 0 fully saturated rings. The van der Waals surface area contributed by atoms with Gasteiger partial charge in [0.25, 0.3) is 0 Å². The fraction of sp³-hybridized carbons (Fsp3) is 0.0769. The lowest BCUT2D eigenvalue weighted by Crippen LogP contribution is -2.20. The van der Waals surface area contributed by atoms with Gasteiger partial charge in [-0.2, -0.15) is 0 Å². The topological polar surface area (TPSA) is 94.2 Å². The summed E-state index contributed by atoms with van der Waals surface area (Å²) < 4.78 is 0. The SMILES string of the molecule is Cc1cc(NC(=O)Nc2ccc(Cl)cc2Cl)c(C(=O)O)[nH]1. The summed E-state index contributed by atoms with van der Waals surface area (Å²) in [7, 11) is 0. The first-order valence-electron chi connectivity index (χ1n) is 5.83. The number of carbonyl (C=O) groups excluding carboxylic acids is 1. The van der Waals surface area contributed by atoms with E-state index in [0.29, 0.717) is 16.4 Å². The van der Waals surface area contributed by atoms with Crippen LogP contribution >= 0.6 is 23.2 Å². The summed E-state index contributed by atoms with van der Waals surface area (Å²) >= 11 is 11.7. The number of benzene rings is 1. The van der Waals surface area contributed by atoms with E-state index in [1.807, 2.05) is 0 Å². The van der Waals surface area contributed by atoms with E-state index in [9.17, 15) is 9.59 Å². The highest BCUT2D eigenvalue weighted by Gasteiger charge is 2.15. The van der Waals surface area contributed by atoms with Crippen molar-refractivity contribution in [2.24, 2.45) is 0 Å². The van der Waals surface area contributed by atoms with Crippen LogP contribution in [0.1, 0.15) is 16.2 Å². The number of aromatic nitrogens is 1. The van der Waals surface area contributed by atoms with Crippen LogP contribution in [-0.4, -0.2) is 22.1 Å². The van der Waals surface area contributed by atoms with Gasteiger partial charge < -0.3 is 20.7 Å². The molecule has 0 saturated heterocycles. The molecule has 1 aromatic carbocycles. The predicted octanol–water partition coefficient (Wildman–Crippen LogP) is 3.97. The lowest BCUT2D eigenvalue weighted by molar-refractivity contribution is 0.0692. The molecule has 2 rings (SSSR count). The number of aromatic amines is 1. The fourth-order valence-corrected chi connectivity index (χ4v) is 2.18. The number of rotatable bonds is 3. The number of anilines is 2. The molecule has 0 atom stereocenters. The first-order chi connectivity index (χ1) is 9.86. The van der Waals surface area contributed by atoms with Crippen molar-refractivity contribution < 1.29 is 14.7 Å². The first-order valence-corrected chi connectivity index (χ1v) is 6.58. The molecule has 0 saturated carbocycles. The van der Waals surface area contributed by atoms with Gasteiger partial charge in [-0.3, -0.25) is 0 Å². The Morgan fingerprint density at radius 3 is 2.43 bits per heavy atom. The van der Waals surface area contributed by atoms with E-state index in [1.54, 1.807) is 19.1 Å². The summed E-state index contributed by atoms with van der Waals surface area (Å²) in [6, 6.07) is 5.52. The molecule has 2 amide bonds. The Balaban J connectivity index is 2.13. The minimum absolute atomic E-state index is 0.0927.